The normalized spacial score (nSPS) is 15.8. The summed E-state index contributed by atoms with van der Waals surface area (Å²) in [5, 5.41) is 0. The molecule has 1 N–H and O–H groups in total. The van der Waals surface area contributed by atoms with Crippen molar-refractivity contribution >= 4 is 5.69 Å². The quantitative estimate of drug-likeness (QED) is 0.933. The maximum absolute atomic E-state index is 11.3. The molecule has 116 valence electrons. The molecule has 2 heterocycles. The Balaban J connectivity index is 1.62. The number of piperazine rings is 1. The van der Waals surface area contributed by atoms with Gasteiger partial charge in [0.15, 0.2) is 0 Å². The van der Waals surface area contributed by atoms with Crippen molar-refractivity contribution in [1.82, 2.24) is 9.88 Å². The van der Waals surface area contributed by atoms with Gasteiger partial charge in [0, 0.05) is 45.0 Å². The minimum Gasteiger partial charge on any atom is -0.495 e. The maximum atomic E-state index is 11.3. The third-order valence-electron chi connectivity index (χ3n) is 4.04. The third-order valence-corrected chi connectivity index (χ3v) is 4.04. The Kier molecular flexibility index (Phi) is 4.44. The number of anilines is 1. The highest BCUT2D eigenvalue weighted by Crippen LogP contribution is 2.28. The van der Waals surface area contributed by atoms with Gasteiger partial charge in [0.05, 0.1) is 12.8 Å². The van der Waals surface area contributed by atoms with Gasteiger partial charge in [0.1, 0.15) is 5.75 Å². The summed E-state index contributed by atoms with van der Waals surface area (Å²) in [6.07, 6.45) is 1.71. The molecule has 5 nitrogen and oxygen atoms in total. The van der Waals surface area contributed by atoms with E-state index in [1.54, 1.807) is 19.4 Å². The predicted octanol–water partition coefficient (Wildman–Crippen LogP) is 1.71. The molecule has 5 heteroatoms. The van der Waals surface area contributed by atoms with Crippen LogP contribution in [0.15, 0.2) is 47.4 Å². The van der Waals surface area contributed by atoms with E-state index in [2.05, 4.69) is 20.9 Å². The van der Waals surface area contributed by atoms with Crippen LogP contribution in [0.1, 0.15) is 5.56 Å². The van der Waals surface area contributed by atoms with E-state index >= 15 is 0 Å². The molecule has 1 aliphatic heterocycles. The second-order valence-electron chi connectivity index (χ2n) is 5.50. The molecule has 22 heavy (non-hydrogen) atoms. The van der Waals surface area contributed by atoms with Crippen molar-refractivity contribution < 1.29 is 4.74 Å². The SMILES string of the molecule is COc1ccccc1N1CCN(Cc2cc[nH]c(=O)c2)CC1. The molecule has 1 aliphatic rings. The fourth-order valence-electron chi connectivity index (χ4n) is 2.88. The third kappa shape index (κ3) is 3.31. The van der Waals surface area contributed by atoms with E-state index in [1.807, 2.05) is 24.3 Å². The number of H-pyrrole nitrogens is 1. The van der Waals surface area contributed by atoms with Crippen molar-refractivity contribution in [3.05, 3.63) is 58.5 Å². The first-order chi connectivity index (χ1) is 10.8. The van der Waals surface area contributed by atoms with Crippen LogP contribution in [0.2, 0.25) is 0 Å². The van der Waals surface area contributed by atoms with Crippen molar-refractivity contribution in [3.8, 4) is 5.75 Å². The molecule has 0 radical (unpaired) electrons. The van der Waals surface area contributed by atoms with Gasteiger partial charge in [-0.3, -0.25) is 9.69 Å². The monoisotopic (exact) mass is 299 g/mol. The smallest absolute Gasteiger partial charge is 0.248 e. The summed E-state index contributed by atoms with van der Waals surface area (Å²) >= 11 is 0. The molecule has 1 saturated heterocycles. The Hall–Kier alpha value is -2.27. The van der Waals surface area contributed by atoms with E-state index < -0.39 is 0 Å². The summed E-state index contributed by atoms with van der Waals surface area (Å²) in [5.74, 6) is 0.922. The van der Waals surface area contributed by atoms with Gasteiger partial charge in [-0.2, -0.15) is 0 Å². The molecule has 2 aromatic rings. The topological polar surface area (TPSA) is 48.6 Å². The second kappa shape index (κ2) is 6.66. The number of hydrogen-bond acceptors (Lipinski definition) is 4. The van der Waals surface area contributed by atoms with Crippen LogP contribution >= 0.6 is 0 Å². The zero-order chi connectivity index (χ0) is 15.4. The van der Waals surface area contributed by atoms with Gasteiger partial charge in [0.2, 0.25) is 5.56 Å². The fraction of sp³-hybridized carbons (Fsp3) is 0.353. The molecule has 0 unspecified atom stereocenters. The van der Waals surface area contributed by atoms with Crippen LogP contribution in [0, 0.1) is 0 Å². The minimum atomic E-state index is -0.0369. The highest BCUT2D eigenvalue weighted by atomic mass is 16.5. The summed E-state index contributed by atoms with van der Waals surface area (Å²) in [4.78, 5) is 18.7. The van der Waals surface area contributed by atoms with Gasteiger partial charge < -0.3 is 14.6 Å². The van der Waals surface area contributed by atoms with E-state index in [9.17, 15) is 4.79 Å². The lowest BCUT2D eigenvalue weighted by Gasteiger charge is -2.36. The number of hydrogen-bond donors (Lipinski definition) is 1. The standard InChI is InChI=1S/C17H21N3O2/c1-22-16-5-3-2-4-15(16)20-10-8-19(9-11-20)13-14-6-7-18-17(21)12-14/h2-7,12H,8-11,13H2,1H3,(H,18,21). The average Bonchev–Trinajstić information content (AvgIpc) is 2.56. The summed E-state index contributed by atoms with van der Waals surface area (Å²) in [6.45, 7) is 4.70. The van der Waals surface area contributed by atoms with Gasteiger partial charge in [-0.05, 0) is 23.8 Å². The molecule has 3 rings (SSSR count). The van der Waals surface area contributed by atoms with Crippen molar-refractivity contribution in [3.63, 3.8) is 0 Å². The number of benzene rings is 1. The van der Waals surface area contributed by atoms with Crippen LogP contribution in [0.5, 0.6) is 5.75 Å². The van der Waals surface area contributed by atoms with E-state index in [0.717, 1.165) is 49.7 Å². The van der Waals surface area contributed by atoms with Crippen LogP contribution in [0.25, 0.3) is 0 Å². The number of nitrogens with zero attached hydrogens (tertiary/aromatic N) is 2. The molecule has 1 fully saturated rings. The van der Waals surface area contributed by atoms with Crippen molar-refractivity contribution in [1.29, 1.82) is 0 Å². The lowest BCUT2D eigenvalue weighted by molar-refractivity contribution is 0.249. The lowest BCUT2D eigenvalue weighted by atomic mass is 10.2. The van der Waals surface area contributed by atoms with E-state index in [-0.39, 0.29) is 5.56 Å². The largest absolute Gasteiger partial charge is 0.495 e. The van der Waals surface area contributed by atoms with E-state index in [4.69, 9.17) is 4.74 Å². The molecule has 1 aromatic carbocycles. The summed E-state index contributed by atoms with van der Waals surface area (Å²) in [6, 6.07) is 11.8. The number of pyridine rings is 1. The number of methoxy groups -OCH3 is 1. The molecule has 0 amide bonds. The number of para-hydroxylation sites is 2. The molecular weight excluding hydrogens is 278 g/mol. The zero-order valence-electron chi connectivity index (χ0n) is 12.8. The fourth-order valence-corrected chi connectivity index (χ4v) is 2.88. The van der Waals surface area contributed by atoms with Gasteiger partial charge in [-0.25, -0.2) is 0 Å². The van der Waals surface area contributed by atoms with Gasteiger partial charge in [-0.15, -0.1) is 0 Å². The van der Waals surface area contributed by atoms with Crippen molar-refractivity contribution in [2.45, 2.75) is 6.54 Å². The molecule has 0 saturated carbocycles. The van der Waals surface area contributed by atoms with Crippen LogP contribution in [0.3, 0.4) is 0 Å². The first-order valence-electron chi connectivity index (χ1n) is 7.54. The van der Waals surface area contributed by atoms with Crippen LogP contribution < -0.4 is 15.2 Å². The molecule has 0 bridgehead atoms. The van der Waals surface area contributed by atoms with Crippen molar-refractivity contribution in [2.75, 3.05) is 38.2 Å². The number of ether oxygens (including phenoxy) is 1. The van der Waals surface area contributed by atoms with Gasteiger partial charge in [0.25, 0.3) is 0 Å². The number of rotatable bonds is 4. The Morgan fingerprint density at radius 1 is 1.14 bits per heavy atom. The highest BCUT2D eigenvalue weighted by Gasteiger charge is 2.19. The number of aromatic nitrogens is 1. The Morgan fingerprint density at radius 3 is 2.64 bits per heavy atom. The summed E-state index contributed by atoms with van der Waals surface area (Å²) in [7, 11) is 1.71. The average molecular weight is 299 g/mol. The molecule has 0 atom stereocenters. The van der Waals surface area contributed by atoms with Crippen LogP contribution in [0.4, 0.5) is 5.69 Å². The van der Waals surface area contributed by atoms with Gasteiger partial charge >= 0.3 is 0 Å². The highest BCUT2D eigenvalue weighted by molar-refractivity contribution is 5.58. The van der Waals surface area contributed by atoms with Gasteiger partial charge in [-0.1, -0.05) is 12.1 Å². The van der Waals surface area contributed by atoms with Crippen LogP contribution in [-0.4, -0.2) is 43.2 Å². The number of aromatic amines is 1. The van der Waals surface area contributed by atoms with E-state index in [1.165, 1.54) is 0 Å². The Morgan fingerprint density at radius 2 is 1.91 bits per heavy atom. The molecule has 0 spiro atoms. The maximum Gasteiger partial charge on any atom is 0.248 e. The van der Waals surface area contributed by atoms with Crippen LogP contribution in [-0.2, 0) is 6.54 Å². The Labute approximate surface area is 130 Å². The molecule has 1 aromatic heterocycles. The first kappa shape index (κ1) is 14.7. The molecular formula is C17H21N3O2. The summed E-state index contributed by atoms with van der Waals surface area (Å²) in [5.41, 5.74) is 2.18. The first-order valence-corrected chi connectivity index (χ1v) is 7.54. The predicted molar refractivity (Wildman–Crippen MR) is 87.5 cm³/mol. The number of nitrogens with one attached hydrogen (secondary N) is 1. The lowest BCUT2D eigenvalue weighted by Crippen LogP contribution is -2.46. The second-order valence-corrected chi connectivity index (χ2v) is 5.50. The molecule has 0 aliphatic carbocycles. The summed E-state index contributed by atoms with van der Waals surface area (Å²) < 4.78 is 5.44. The Bertz CT molecular complexity index is 675. The minimum absolute atomic E-state index is 0.0369. The zero-order valence-corrected chi connectivity index (χ0v) is 12.8. The van der Waals surface area contributed by atoms with E-state index in [0.29, 0.717) is 0 Å². The van der Waals surface area contributed by atoms with Crippen molar-refractivity contribution in [2.24, 2.45) is 0 Å².